The molecule has 84 valence electrons. The van der Waals surface area contributed by atoms with E-state index in [-0.39, 0.29) is 0 Å². The molecular formula is C12H25NO. The maximum atomic E-state index is 11.4. The van der Waals surface area contributed by atoms with E-state index in [1.54, 1.807) is 0 Å². The van der Waals surface area contributed by atoms with Crippen LogP contribution in [0.4, 0.5) is 0 Å². The highest BCUT2D eigenvalue weighted by Crippen LogP contribution is 2.06. The Kier molecular flexibility index (Phi) is 7.77. The average Bonchev–Trinajstić information content (AvgIpc) is 2.08. The summed E-state index contributed by atoms with van der Waals surface area (Å²) in [5.74, 6) is 1.07. The topological polar surface area (TPSA) is 29.1 Å². The van der Waals surface area contributed by atoms with E-state index < -0.39 is 0 Å². The SMILES string of the molecule is CC(C)CCC(=O)CCCNC(C)C. The molecule has 2 nitrogen and oxygen atoms in total. The molecular weight excluding hydrogens is 174 g/mol. The van der Waals surface area contributed by atoms with Crippen molar-refractivity contribution in [3.8, 4) is 0 Å². The maximum absolute atomic E-state index is 11.4. The van der Waals surface area contributed by atoms with Gasteiger partial charge in [-0.1, -0.05) is 27.7 Å². The van der Waals surface area contributed by atoms with Crippen molar-refractivity contribution in [3.05, 3.63) is 0 Å². The Labute approximate surface area is 88.5 Å². The third-order valence-electron chi connectivity index (χ3n) is 2.19. The second-order valence-corrected chi connectivity index (χ2v) is 4.68. The van der Waals surface area contributed by atoms with E-state index in [2.05, 4.69) is 33.0 Å². The summed E-state index contributed by atoms with van der Waals surface area (Å²) in [7, 11) is 0. The van der Waals surface area contributed by atoms with Crippen LogP contribution in [-0.2, 0) is 4.79 Å². The number of ketones is 1. The zero-order valence-corrected chi connectivity index (χ0v) is 10.1. The molecule has 0 atom stereocenters. The first kappa shape index (κ1) is 13.6. The third kappa shape index (κ3) is 9.72. The van der Waals surface area contributed by atoms with Crippen molar-refractivity contribution in [2.45, 2.75) is 59.4 Å². The van der Waals surface area contributed by atoms with Gasteiger partial charge in [0, 0.05) is 18.9 Å². The molecule has 0 unspecified atom stereocenters. The van der Waals surface area contributed by atoms with E-state index in [4.69, 9.17) is 0 Å². The van der Waals surface area contributed by atoms with Gasteiger partial charge in [0.2, 0.25) is 0 Å². The van der Waals surface area contributed by atoms with Crippen LogP contribution in [0.3, 0.4) is 0 Å². The highest BCUT2D eigenvalue weighted by atomic mass is 16.1. The summed E-state index contributed by atoms with van der Waals surface area (Å²) < 4.78 is 0. The molecule has 1 N–H and O–H groups in total. The van der Waals surface area contributed by atoms with Crippen molar-refractivity contribution in [1.82, 2.24) is 5.32 Å². The molecule has 0 aromatic carbocycles. The van der Waals surface area contributed by atoms with E-state index in [1.807, 2.05) is 0 Å². The Hall–Kier alpha value is -0.370. The lowest BCUT2D eigenvalue weighted by Crippen LogP contribution is -2.24. The monoisotopic (exact) mass is 199 g/mol. The fourth-order valence-corrected chi connectivity index (χ4v) is 1.25. The van der Waals surface area contributed by atoms with Gasteiger partial charge in [-0.25, -0.2) is 0 Å². The number of Topliss-reactive ketones (excluding diaryl/α,β-unsaturated/α-hetero) is 1. The van der Waals surface area contributed by atoms with E-state index in [0.717, 1.165) is 32.2 Å². The van der Waals surface area contributed by atoms with Gasteiger partial charge in [0.15, 0.2) is 0 Å². The minimum Gasteiger partial charge on any atom is -0.315 e. The fourth-order valence-electron chi connectivity index (χ4n) is 1.25. The van der Waals surface area contributed by atoms with E-state index in [9.17, 15) is 4.79 Å². The van der Waals surface area contributed by atoms with Crippen molar-refractivity contribution in [2.24, 2.45) is 5.92 Å². The standard InChI is InChI=1S/C12H25NO/c1-10(2)7-8-12(14)6-5-9-13-11(3)4/h10-11,13H,5-9H2,1-4H3. The highest BCUT2D eigenvalue weighted by molar-refractivity contribution is 5.78. The molecule has 0 amide bonds. The quantitative estimate of drug-likeness (QED) is 0.609. The number of nitrogens with one attached hydrogen (secondary N) is 1. The fraction of sp³-hybridized carbons (Fsp3) is 0.917. The number of carbonyl (C=O) groups excluding carboxylic acids is 1. The highest BCUT2D eigenvalue weighted by Gasteiger charge is 2.03. The number of carbonyl (C=O) groups is 1. The Balaban J connectivity index is 3.27. The van der Waals surface area contributed by atoms with Crippen LogP contribution >= 0.6 is 0 Å². The van der Waals surface area contributed by atoms with Gasteiger partial charge >= 0.3 is 0 Å². The van der Waals surface area contributed by atoms with E-state index in [0.29, 0.717) is 17.7 Å². The molecule has 0 saturated carbocycles. The van der Waals surface area contributed by atoms with Crippen molar-refractivity contribution >= 4 is 5.78 Å². The van der Waals surface area contributed by atoms with Crippen molar-refractivity contribution in [2.75, 3.05) is 6.54 Å². The minimum absolute atomic E-state index is 0.421. The third-order valence-corrected chi connectivity index (χ3v) is 2.19. The Morgan fingerprint density at radius 3 is 2.29 bits per heavy atom. The second kappa shape index (κ2) is 7.98. The maximum Gasteiger partial charge on any atom is 0.132 e. The van der Waals surface area contributed by atoms with Crippen LogP contribution in [0.15, 0.2) is 0 Å². The molecule has 0 aromatic heterocycles. The van der Waals surface area contributed by atoms with Crippen LogP contribution in [0, 0.1) is 5.92 Å². The number of hydrogen-bond acceptors (Lipinski definition) is 2. The molecule has 0 aliphatic rings. The molecule has 0 bridgehead atoms. The van der Waals surface area contributed by atoms with Crippen molar-refractivity contribution < 1.29 is 4.79 Å². The Morgan fingerprint density at radius 2 is 1.79 bits per heavy atom. The van der Waals surface area contributed by atoms with Crippen LogP contribution in [0.5, 0.6) is 0 Å². The van der Waals surface area contributed by atoms with Gasteiger partial charge < -0.3 is 5.32 Å². The van der Waals surface area contributed by atoms with E-state index >= 15 is 0 Å². The molecule has 0 aliphatic heterocycles. The molecule has 2 heteroatoms. The number of hydrogen-bond donors (Lipinski definition) is 1. The lowest BCUT2D eigenvalue weighted by atomic mass is 10.0. The van der Waals surface area contributed by atoms with Gasteiger partial charge in [-0.3, -0.25) is 4.79 Å². The Bertz CT molecular complexity index is 152. The van der Waals surface area contributed by atoms with E-state index in [1.165, 1.54) is 0 Å². The summed E-state index contributed by atoms with van der Waals surface area (Å²) >= 11 is 0. The van der Waals surface area contributed by atoms with Crippen molar-refractivity contribution in [1.29, 1.82) is 0 Å². The van der Waals surface area contributed by atoms with Crippen LogP contribution < -0.4 is 5.32 Å². The lowest BCUT2D eigenvalue weighted by molar-refractivity contribution is -0.119. The first-order valence-electron chi connectivity index (χ1n) is 5.77. The molecule has 0 saturated heterocycles. The van der Waals surface area contributed by atoms with Crippen LogP contribution in [0.1, 0.15) is 53.4 Å². The van der Waals surface area contributed by atoms with Gasteiger partial charge in [-0.15, -0.1) is 0 Å². The molecule has 0 aromatic rings. The Morgan fingerprint density at radius 1 is 1.14 bits per heavy atom. The number of rotatable bonds is 8. The molecule has 14 heavy (non-hydrogen) atoms. The van der Waals surface area contributed by atoms with Crippen molar-refractivity contribution in [3.63, 3.8) is 0 Å². The zero-order chi connectivity index (χ0) is 11.0. The van der Waals surface area contributed by atoms with Crippen LogP contribution in [-0.4, -0.2) is 18.4 Å². The predicted molar refractivity (Wildman–Crippen MR) is 61.5 cm³/mol. The normalized spacial score (nSPS) is 11.3. The predicted octanol–water partition coefficient (Wildman–Crippen LogP) is 2.77. The van der Waals surface area contributed by atoms with Gasteiger partial charge in [0.1, 0.15) is 5.78 Å². The minimum atomic E-state index is 0.421. The molecule has 0 heterocycles. The molecule has 0 spiro atoms. The largest absolute Gasteiger partial charge is 0.315 e. The first-order chi connectivity index (χ1) is 6.52. The average molecular weight is 199 g/mol. The van der Waals surface area contributed by atoms with Gasteiger partial charge in [-0.2, -0.15) is 0 Å². The summed E-state index contributed by atoms with van der Waals surface area (Å²) in [4.78, 5) is 11.4. The first-order valence-corrected chi connectivity index (χ1v) is 5.77. The molecule has 0 aliphatic carbocycles. The second-order valence-electron chi connectivity index (χ2n) is 4.68. The smallest absolute Gasteiger partial charge is 0.132 e. The summed E-state index contributed by atoms with van der Waals surface area (Å²) in [6, 6.07) is 0.528. The van der Waals surface area contributed by atoms with Gasteiger partial charge in [0.25, 0.3) is 0 Å². The summed E-state index contributed by atoms with van der Waals surface area (Å²) in [6.45, 7) is 9.54. The van der Waals surface area contributed by atoms with Gasteiger partial charge in [-0.05, 0) is 25.3 Å². The molecule has 0 rings (SSSR count). The summed E-state index contributed by atoms with van der Waals surface area (Å²) in [5.41, 5.74) is 0. The van der Waals surface area contributed by atoms with Crippen LogP contribution in [0.25, 0.3) is 0 Å². The van der Waals surface area contributed by atoms with Gasteiger partial charge in [0.05, 0.1) is 0 Å². The lowest BCUT2D eigenvalue weighted by Gasteiger charge is -2.07. The summed E-state index contributed by atoms with van der Waals surface area (Å²) in [5, 5.41) is 3.31. The summed E-state index contributed by atoms with van der Waals surface area (Å²) in [6.07, 6.45) is 3.53. The molecule has 0 fully saturated rings. The molecule has 0 radical (unpaired) electrons. The zero-order valence-electron chi connectivity index (χ0n) is 10.1. The van der Waals surface area contributed by atoms with Crippen LogP contribution in [0.2, 0.25) is 0 Å².